The van der Waals surface area contributed by atoms with Gasteiger partial charge in [0.25, 0.3) is 0 Å². The van der Waals surface area contributed by atoms with E-state index in [2.05, 4.69) is 67.7 Å². The van der Waals surface area contributed by atoms with Crippen LogP contribution in [0.25, 0.3) is 0 Å². The zero-order chi connectivity index (χ0) is 26.7. The molecule has 9 heteroatoms. The SMILES string of the molecule is CCOC(OCC)C(COCOCCOC)(CO[Si](C)(C)C(C)(C)C)CO[Si](C)(C)C(C)(C)C. The van der Waals surface area contributed by atoms with Gasteiger partial charge in [0, 0.05) is 33.5 Å². The molecule has 0 rings (SSSR count). The van der Waals surface area contributed by atoms with Crippen LogP contribution in [0.3, 0.4) is 0 Å². The van der Waals surface area contributed by atoms with Crippen molar-refractivity contribution in [2.24, 2.45) is 5.41 Å². The van der Waals surface area contributed by atoms with Crippen molar-refractivity contribution in [3.05, 3.63) is 0 Å². The van der Waals surface area contributed by atoms with E-state index in [1.807, 2.05) is 13.8 Å². The molecule has 0 spiro atoms. The molecule has 0 N–H and O–H groups in total. The Labute approximate surface area is 212 Å². The highest BCUT2D eigenvalue weighted by Crippen LogP contribution is 2.41. The van der Waals surface area contributed by atoms with Gasteiger partial charge in [-0.15, -0.1) is 0 Å². The zero-order valence-corrected chi connectivity index (χ0v) is 26.6. The third-order valence-corrected chi connectivity index (χ3v) is 16.1. The van der Waals surface area contributed by atoms with Gasteiger partial charge in [-0.05, 0) is 50.1 Å². The maximum Gasteiger partial charge on any atom is 0.192 e. The molecule has 0 amide bonds. The second kappa shape index (κ2) is 14.8. The van der Waals surface area contributed by atoms with Crippen molar-refractivity contribution in [1.29, 1.82) is 0 Å². The van der Waals surface area contributed by atoms with E-state index in [-0.39, 0.29) is 16.9 Å². The highest BCUT2D eigenvalue weighted by molar-refractivity contribution is 6.74. The Morgan fingerprint density at radius 3 is 1.44 bits per heavy atom. The van der Waals surface area contributed by atoms with Gasteiger partial charge in [-0.1, -0.05) is 41.5 Å². The van der Waals surface area contributed by atoms with Crippen LogP contribution in [0.1, 0.15) is 55.4 Å². The van der Waals surface area contributed by atoms with E-state index in [1.165, 1.54) is 0 Å². The molecule has 0 saturated heterocycles. The molecule has 0 heterocycles. The fourth-order valence-electron chi connectivity index (χ4n) is 2.62. The van der Waals surface area contributed by atoms with Crippen molar-refractivity contribution >= 4 is 16.6 Å². The molecule has 0 aliphatic carbocycles. The summed E-state index contributed by atoms with van der Waals surface area (Å²) >= 11 is 0. The minimum atomic E-state index is -2.04. The lowest BCUT2D eigenvalue weighted by Crippen LogP contribution is -2.55. The lowest BCUT2D eigenvalue weighted by Gasteiger charge is -2.46. The van der Waals surface area contributed by atoms with Crippen molar-refractivity contribution in [2.45, 2.75) is 97.9 Å². The van der Waals surface area contributed by atoms with Gasteiger partial charge in [0.1, 0.15) is 6.79 Å². The molecule has 0 unspecified atom stereocenters. The summed E-state index contributed by atoms with van der Waals surface area (Å²) in [4.78, 5) is 0. The lowest BCUT2D eigenvalue weighted by molar-refractivity contribution is -0.242. The fourth-order valence-corrected chi connectivity index (χ4v) is 4.78. The number of ether oxygens (including phenoxy) is 5. The predicted molar refractivity (Wildman–Crippen MR) is 144 cm³/mol. The van der Waals surface area contributed by atoms with Crippen molar-refractivity contribution in [2.75, 3.05) is 60.2 Å². The van der Waals surface area contributed by atoms with Crippen molar-refractivity contribution in [1.82, 2.24) is 0 Å². The molecule has 34 heavy (non-hydrogen) atoms. The Morgan fingerprint density at radius 1 is 0.647 bits per heavy atom. The van der Waals surface area contributed by atoms with Crippen LogP contribution in [0, 0.1) is 5.41 Å². The third kappa shape index (κ3) is 11.0. The molecule has 0 aromatic carbocycles. The summed E-state index contributed by atoms with van der Waals surface area (Å²) in [5.74, 6) is 0. The Hall–Kier alpha value is 0.154. The number of hydrogen-bond acceptors (Lipinski definition) is 7. The first kappa shape index (κ1) is 34.2. The van der Waals surface area contributed by atoms with Gasteiger partial charge in [0.2, 0.25) is 0 Å². The Bertz CT molecular complexity index is 506. The zero-order valence-electron chi connectivity index (χ0n) is 24.6. The van der Waals surface area contributed by atoms with Gasteiger partial charge in [0.05, 0.1) is 25.2 Å². The maximum absolute atomic E-state index is 6.75. The van der Waals surface area contributed by atoms with Gasteiger partial charge in [-0.2, -0.15) is 0 Å². The summed E-state index contributed by atoms with van der Waals surface area (Å²) < 4.78 is 42.5. The number of rotatable bonds is 18. The summed E-state index contributed by atoms with van der Waals surface area (Å²) in [7, 11) is -2.43. The molecule has 206 valence electrons. The molecule has 0 fully saturated rings. The summed E-state index contributed by atoms with van der Waals surface area (Å²) in [5.41, 5.74) is -0.637. The average molecular weight is 525 g/mol. The molecular formula is C25H56O7Si2. The topological polar surface area (TPSA) is 64.6 Å². The summed E-state index contributed by atoms with van der Waals surface area (Å²) in [6.07, 6.45) is -0.518. The molecular weight excluding hydrogens is 468 g/mol. The number of methoxy groups -OCH3 is 1. The van der Waals surface area contributed by atoms with Crippen LogP contribution in [0.15, 0.2) is 0 Å². The Morgan fingerprint density at radius 2 is 1.09 bits per heavy atom. The van der Waals surface area contributed by atoms with Gasteiger partial charge in [0.15, 0.2) is 22.9 Å². The normalized spacial score (nSPS) is 14.3. The van der Waals surface area contributed by atoms with Crippen LogP contribution < -0.4 is 0 Å². The van der Waals surface area contributed by atoms with Gasteiger partial charge >= 0.3 is 0 Å². The average Bonchev–Trinajstić information content (AvgIpc) is 2.70. The minimum Gasteiger partial charge on any atom is -0.416 e. The van der Waals surface area contributed by atoms with E-state index in [9.17, 15) is 0 Å². The fraction of sp³-hybridized carbons (Fsp3) is 1.00. The van der Waals surface area contributed by atoms with E-state index in [1.54, 1.807) is 7.11 Å². The second-order valence-electron chi connectivity index (χ2n) is 12.1. The molecule has 0 aromatic heterocycles. The largest absolute Gasteiger partial charge is 0.416 e. The smallest absolute Gasteiger partial charge is 0.192 e. The molecule has 0 radical (unpaired) electrons. The minimum absolute atomic E-state index is 0.0792. The van der Waals surface area contributed by atoms with Crippen molar-refractivity contribution < 1.29 is 32.5 Å². The first-order chi connectivity index (χ1) is 15.5. The van der Waals surface area contributed by atoms with E-state index >= 15 is 0 Å². The monoisotopic (exact) mass is 524 g/mol. The van der Waals surface area contributed by atoms with Crippen LogP contribution in [-0.2, 0) is 32.5 Å². The molecule has 7 nitrogen and oxygen atoms in total. The first-order valence-corrected chi connectivity index (χ1v) is 18.5. The first-order valence-electron chi connectivity index (χ1n) is 12.6. The molecule has 0 atom stereocenters. The van der Waals surface area contributed by atoms with Crippen molar-refractivity contribution in [3.63, 3.8) is 0 Å². The summed E-state index contributed by atoms with van der Waals surface area (Å²) in [6.45, 7) is 29.9. The quantitative estimate of drug-likeness (QED) is 0.123. The van der Waals surface area contributed by atoms with Crippen LogP contribution in [-0.4, -0.2) is 83.1 Å². The van der Waals surface area contributed by atoms with Crippen molar-refractivity contribution in [3.8, 4) is 0 Å². The van der Waals surface area contributed by atoms with Crippen LogP contribution in [0.5, 0.6) is 0 Å². The molecule has 0 saturated carbocycles. The highest BCUT2D eigenvalue weighted by Gasteiger charge is 2.48. The highest BCUT2D eigenvalue weighted by atomic mass is 28.4. The van der Waals surface area contributed by atoms with Crippen LogP contribution in [0.4, 0.5) is 0 Å². The molecule has 0 aliphatic rings. The number of hydrogen-bond donors (Lipinski definition) is 0. The van der Waals surface area contributed by atoms with Crippen LogP contribution >= 0.6 is 0 Å². The lowest BCUT2D eigenvalue weighted by atomic mass is 9.90. The second-order valence-corrected chi connectivity index (χ2v) is 21.7. The predicted octanol–water partition coefficient (Wildman–Crippen LogP) is 6.05. The maximum atomic E-state index is 6.75. The summed E-state index contributed by atoms with van der Waals surface area (Å²) in [5, 5.41) is 0.158. The molecule has 0 aliphatic heterocycles. The summed E-state index contributed by atoms with van der Waals surface area (Å²) in [6, 6.07) is 0. The molecule has 0 aromatic rings. The Balaban J connectivity index is 6.03. The van der Waals surface area contributed by atoms with Gasteiger partial charge in [-0.3, -0.25) is 0 Å². The third-order valence-electron chi connectivity index (χ3n) is 7.18. The van der Waals surface area contributed by atoms with E-state index in [4.69, 9.17) is 32.5 Å². The van der Waals surface area contributed by atoms with E-state index in [0.717, 1.165) is 0 Å². The van der Waals surface area contributed by atoms with Gasteiger partial charge in [-0.25, -0.2) is 0 Å². The van der Waals surface area contributed by atoms with E-state index in [0.29, 0.717) is 46.2 Å². The standard InChI is InChI=1S/C25H56O7Si2/c1-14-29-22(30-15-2)25(18-28-21-27-17-16-26-9,19-31-33(10,11)23(3,4)5)20-32-34(12,13)24(6,7)8/h22H,14-21H2,1-13H3. The Kier molecular flexibility index (Phi) is 14.8. The van der Waals surface area contributed by atoms with E-state index < -0.39 is 28.3 Å². The molecule has 0 bridgehead atoms. The van der Waals surface area contributed by atoms with Crippen LogP contribution in [0.2, 0.25) is 36.3 Å². The van der Waals surface area contributed by atoms with Gasteiger partial charge < -0.3 is 32.5 Å².